The Morgan fingerprint density at radius 3 is 2.39 bits per heavy atom. The molecule has 3 rings (SSSR count). The van der Waals surface area contributed by atoms with Gasteiger partial charge in [-0.1, -0.05) is 23.7 Å². The third-order valence-corrected chi connectivity index (χ3v) is 5.40. The summed E-state index contributed by atoms with van der Waals surface area (Å²) in [6.45, 7) is 5.15. The highest BCUT2D eigenvalue weighted by Crippen LogP contribution is 2.33. The maximum Gasteiger partial charge on any atom is 0.264 e. The molecule has 0 aliphatic rings. The Kier molecular flexibility index (Phi) is 6.33. The zero-order chi connectivity index (χ0) is 22.9. The van der Waals surface area contributed by atoms with Gasteiger partial charge in [0.25, 0.3) is 5.91 Å². The second kappa shape index (κ2) is 8.64. The minimum atomic E-state index is -3.67. The highest BCUT2D eigenvalue weighted by Gasteiger charge is 2.17. The van der Waals surface area contributed by atoms with E-state index >= 15 is 0 Å². The Morgan fingerprint density at radius 1 is 1.06 bits per heavy atom. The number of rotatable bonds is 5. The Labute approximate surface area is 185 Å². The third kappa shape index (κ3) is 5.39. The fourth-order valence-corrected chi connectivity index (χ4v) is 3.64. The van der Waals surface area contributed by atoms with Crippen molar-refractivity contribution in [2.24, 2.45) is 0 Å². The first-order chi connectivity index (χ1) is 14.4. The number of nitrogens with one attached hydrogen (secondary N) is 1. The van der Waals surface area contributed by atoms with E-state index in [-0.39, 0.29) is 22.2 Å². The zero-order valence-corrected chi connectivity index (χ0v) is 18.9. The number of hydrogen-bond donors (Lipinski definition) is 1. The summed E-state index contributed by atoms with van der Waals surface area (Å²) in [7, 11) is -3.67. The van der Waals surface area contributed by atoms with Gasteiger partial charge < -0.3 is 4.74 Å². The predicted octanol–water partition coefficient (Wildman–Crippen LogP) is 4.95. The van der Waals surface area contributed by atoms with Crippen LogP contribution < -0.4 is 9.46 Å². The molecular weight excluding hydrogens is 443 g/mol. The summed E-state index contributed by atoms with van der Waals surface area (Å²) in [6.07, 6.45) is 2.48. The van der Waals surface area contributed by atoms with Crippen LogP contribution in [0.25, 0.3) is 11.1 Å². The predicted molar refractivity (Wildman–Crippen MR) is 118 cm³/mol. The van der Waals surface area contributed by atoms with E-state index in [4.69, 9.17) is 16.3 Å². The van der Waals surface area contributed by atoms with Crippen molar-refractivity contribution in [1.29, 1.82) is 0 Å². The number of hydrogen-bond acceptors (Lipinski definition) is 5. The van der Waals surface area contributed by atoms with E-state index in [1.807, 2.05) is 4.72 Å². The van der Waals surface area contributed by atoms with Gasteiger partial charge in [0.2, 0.25) is 15.9 Å². The van der Waals surface area contributed by atoms with Gasteiger partial charge in [0.1, 0.15) is 16.6 Å². The highest BCUT2D eigenvalue weighted by molar-refractivity contribution is 7.89. The Balaban J connectivity index is 1.91. The van der Waals surface area contributed by atoms with Crippen LogP contribution in [-0.2, 0) is 10.0 Å². The lowest BCUT2D eigenvalue weighted by molar-refractivity contribution is 0.0981. The summed E-state index contributed by atoms with van der Waals surface area (Å²) in [4.78, 5) is 16.5. The standard InChI is InChI=1S/C22H20ClFN2O4S/c1-12-5-6-16(10-20(12)24)30-22-19(23)9-15(11-25-22)17-7-14(3)18(8-13(17)2)21(27)26-31(4,28)29/h5-11H,1-4H3,(H,26,27). The largest absolute Gasteiger partial charge is 0.437 e. The van der Waals surface area contributed by atoms with E-state index in [9.17, 15) is 17.6 Å². The molecule has 0 spiro atoms. The zero-order valence-electron chi connectivity index (χ0n) is 17.3. The van der Waals surface area contributed by atoms with Crippen LogP contribution in [0.15, 0.2) is 42.6 Å². The van der Waals surface area contributed by atoms with Crippen molar-refractivity contribution in [1.82, 2.24) is 9.71 Å². The molecule has 0 fully saturated rings. The topological polar surface area (TPSA) is 85.4 Å². The monoisotopic (exact) mass is 462 g/mol. The van der Waals surface area contributed by atoms with Crippen molar-refractivity contribution in [2.45, 2.75) is 20.8 Å². The average Bonchev–Trinajstić information content (AvgIpc) is 2.66. The third-order valence-electron chi connectivity index (χ3n) is 4.57. The van der Waals surface area contributed by atoms with Crippen LogP contribution in [0.4, 0.5) is 4.39 Å². The number of aryl methyl sites for hydroxylation is 3. The number of pyridine rings is 1. The van der Waals surface area contributed by atoms with Crippen LogP contribution in [0, 0.1) is 26.6 Å². The molecule has 1 aromatic heterocycles. The first-order valence-electron chi connectivity index (χ1n) is 9.18. The van der Waals surface area contributed by atoms with Gasteiger partial charge in [-0.25, -0.2) is 22.5 Å². The lowest BCUT2D eigenvalue weighted by Gasteiger charge is -2.13. The minimum Gasteiger partial charge on any atom is -0.437 e. The molecule has 1 N–H and O–H groups in total. The molecule has 3 aromatic rings. The number of halogens is 2. The molecule has 6 nitrogen and oxygen atoms in total. The van der Waals surface area contributed by atoms with Crippen LogP contribution in [0.5, 0.6) is 11.6 Å². The molecule has 0 radical (unpaired) electrons. The van der Waals surface area contributed by atoms with Gasteiger partial charge in [-0.3, -0.25) is 4.79 Å². The number of amides is 1. The van der Waals surface area contributed by atoms with Crippen LogP contribution in [0.3, 0.4) is 0 Å². The van der Waals surface area contributed by atoms with Gasteiger partial charge in [0.15, 0.2) is 0 Å². The van der Waals surface area contributed by atoms with Gasteiger partial charge in [0, 0.05) is 23.4 Å². The fourth-order valence-electron chi connectivity index (χ4n) is 2.99. The summed E-state index contributed by atoms with van der Waals surface area (Å²) < 4.78 is 44.0. The van der Waals surface area contributed by atoms with Crippen molar-refractivity contribution < 1.29 is 22.3 Å². The van der Waals surface area contributed by atoms with Crippen LogP contribution in [0.2, 0.25) is 5.02 Å². The van der Waals surface area contributed by atoms with Crippen molar-refractivity contribution in [3.8, 4) is 22.8 Å². The van der Waals surface area contributed by atoms with E-state index < -0.39 is 21.7 Å². The van der Waals surface area contributed by atoms with Crippen LogP contribution in [-0.4, -0.2) is 25.6 Å². The lowest BCUT2D eigenvalue weighted by atomic mass is 9.95. The van der Waals surface area contributed by atoms with E-state index in [1.54, 1.807) is 57.3 Å². The van der Waals surface area contributed by atoms with Gasteiger partial charge >= 0.3 is 0 Å². The number of ether oxygens (including phenoxy) is 1. The number of nitrogens with zero attached hydrogens (tertiary/aromatic N) is 1. The maximum atomic E-state index is 13.7. The summed E-state index contributed by atoms with van der Waals surface area (Å²) in [5.74, 6) is -0.679. The molecule has 2 aromatic carbocycles. The quantitative estimate of drug-likeness (QED) is 0.580. The minimum absolute atomic E-state index is 0.132. The number of benzene rings is 2. The van der Waals surface area contributed by atoms with E-state index in [0.29, 0.717) is 16.7 Å². The van der Waals surface area contributed by atoms with Crippen molar-refractivity contribution in [3.05, 3.63) is 75.7 Å². The summed E-state index contributed by atoms with van der Waals surface area (Å²) in [6, 6.07) is 9.51. The average molecular weight is 463 g/mol. The normalized spacial score (nSPS) is 11.3. The summed E-state index contributed by atoms with van der Waals surface area (Å²) in [5.41, 5.74) is 3.54. The van der Waals surface area contributed by atoms with Gasteiger partial charge in [-0.2, -0.15) is 0 Å². The first kappa shape index (κ1) is 22.7. The molecule has 0 saturated carbocycles. The molecule has 162 valence electrons. The second-order valence-electron chi connectivity index (χ2n) is 7.21. The number of carbonyl (C=O) groups excluding carboxylic acids is 1. The van der Waals surface area contributed by atoms with Crippen molar-refractivity contribution in [3.63, 3.8) is 0 Å². The van der Waals surface area contributed by atoms with E-state index in [2.05, 4.69) is 4.98 Å². The first-order valence-corrected chi connectivity index (χ1v) is 11.4. The van der Waals surface area contributed by atoms with Crippen LogP contribution >= 0.6 is 11.6 Å². The molecule has 1 amide bonds. The molecule has 0 atom stereocenters. The Bertz CT molecular complexity index is 1290. The highest BCUT2D eigenvalue weighted by atomic mass is 35.5. The molecule has 9 heteroatoms. The molecular formula is C22H20ClFN2O4S. The number of sulfonamides is 1. The smallest absolute Gasteiger partial charge is 0.264 e. The van der Waals surface area contributed by atoms with Gasteiger partial charge in [-0.15, -0.1) is 0 Å². The van der Waals surface area contributed by atoms with Crippen molar-refractivity contribution in [2.75, 3.05) is 6.26 Å². The van der Waals surface area contributed by atoms with Crippen molar-refractivity contribution >= 4 is 27.5 Å². The van der Waals surface area contributed by atoms with E-state index in [0.717, 1.165) is 17.4 Å². The molecule has 31 heavy (non-hydrogen) atoms. The molecule has 0 saturated heterocycles. The molecule has 0 unspecified atom stereocenters. The summed E-state index contributed by atoms with van der Waals surface area (Å²) >= 11 is 6.33. The van der Waals surface area contributed by atoms with E-state index in [1.165, 1.54) is 6.07 Å². The number of aromatic nitrogens is 1. The molecule has 0 aliphatic carbocycles. The number of carbonyl (C=O) groups is 1. The second-order valence-corrected chi connectivity index (χ2v) is 9.37. The summed E-state index contributed by atoms with van der Waals surface area (Å²) in [5, 5.41) is 0.231. The fraction of sp³-hybridized carbons (Fsp3) is 0.182. The molecule has 0 aliphatic heterocycles. The Morgan fingerprint density at radius 2 is 1.77 bits per heavy atom. The lowest BCUT2D eigenvalue weighted by Crippen LogP contribution is -2.29. The van der Waals surface area contributed by atoms with Gasteiger partial charge in [0.05, 0.1) is 6.26 Å². The SMILES string of the molecule is Cc1ccc(Oc2ncc(-c3cc(C)c(C(=O)NS(C)(=O)=O)cc3C)cc2Cl)cc1F. The molecule has 1 heterocycles. The van der Waals surface area contributed by atoms with Gasteiger partial charge in [-0.05, 0) is 61.2 Å². The van der Waals surface area contributed by atoms with Crippen LogP contribution in [0.1, 0.15) is 27.0 Å². The maximum absolute atomic E-state index is 13.7. The molecule has 0 bridgehead atoms. The Hall–Kier alpha value is -2.97.